The molecule has 0 fully saturated rings. The van der Waals surface area contributed by atoms with Crippen molar-refractivity contribution in [3.63, 3.8) is 0 Å². The average Bonchev–Trinajstić information content (AvgIpc) is 2.58. The van der Waals surface area contributed by atoms with E-state index in [1.807, 2.05) is 6.07 Å². The van der Waals surface area contributed by atoms with E-state index < -0.39 is 34.0 Å². The number of hydrogen-bond acceptors (Lipinski definition) is 7. The zero-order valence-corrected chi connectivity index (χ0v) is 15.5. The van der Waals surface area contributed by atoms with E-state index in [0.29, 0.717) is 0 Å². The van der Waals surface area contributed by atoms with Gasteiger partial charge in [0.15, 0.2) is 12.4 Å². The Kier molecular flexibility index (Phi) is 5.51. The van der Waals surface area contributed by atoms with E-state index in [-0.39, 0.29) is 29.6 Å². The lowest BCUT2D eigenvalue weighted by atomic mass is 9.90. The highest BCUT2D eigenvalue weighted by molar-refractivity contribution is 7.90. The first kappa shape index (κ1) is 19.7. The van der Waals surface area contributed by atoms with Crippen molar-refractivity contribution in [1.82, 2.24) is 10.2 Å². The van der Waals surface area contributed by atoms with E-state index in [2.05, 4.69) is 9.71 Å². The minimum Gasteiger partial charge on any atom is -0.452 e. The molecule has 0 bridgehead atoms. The van der Waals surface area contributed by atoms with Gasteiger partial charge in [-0.25, -0.2) is 13.2 Å². The van der Waals surface area contributed by atoms with Crippen molar-refractivity contribution in [2.24, 2.45) is 10.3 Å². The summed E-state index contributed by atoms with van der Waals surface area (Å²) >= 11 is 0. The van der Waals surface area contributed by atoms with Crippen LogP contribution in [0.1, 0.15) is 20.8 Å². The first-order valence-corrected chi connectivity index (χ1v) is 9.56. The van der Waals surface area contributed by atoms with Crippen LogP contribution in [0.4, 0.5) is 0 Å². The summed E-state index contributed by atoms with van der Waals surface area (Å²) in [5.41, 5.74) is -1.13. The molecule has 2 rings (SSSR count). The molecule has 140 valence electrons. The van der Waals surface area contributed by atoms with Gasteiger partial charge in [0.2, 0.25) is 0 Å². The molecule has 0 spiro atoms. The zero-order valence-electron chi connectivity index (χ0n) is 14.7. The fourth-order valence-electron chi connectivity index (χ4n) is 2.21. The van der Waals surface area contributed by atoms with Crippen molar-refractivity contribution in [3.05, 3.63) is 23.9 Å². The highest BCUT2D eigenvalue weighted by Gasteiger charge is 2.32. The van der Waals surface area contributed by atoms with Gasteiger partial charge in [0.05, 0.1) is 11.8 Å². The lowest BCUT2D eigenvalue weighted by molar-refractivity contribution is -0.144. The maximum Gasteiger partial charge on any atom is 0.342 e. The Hall–Kier alpha value is -2.67. The van der Waals surface area contributed by atoms with Crippen molar-refractivity contribution in [1.29, 1.82) is 5.26 Å². The number of fused-ring (bicyclic) bond motifs is 1. The van der Waals surface area contributed by atoms with Gasteiger partial charge in [-0.05, 0) is 25.0 Å². The number of allylic oxidation sites excluding steroid dienone is 2. The van der Waals surface area contributed by atoms with Crippen LogP contribution >= 0.6 is 0 Å². The molecule has 0 unspecified atom stereocenters. The quantitative estimate of drug-likeness (QED) is 0.669. The standard InChI is InChI=1S/C16H20N4O5S/c1-11(2)16(3,10-17)18-13(21)9-25-15(22)12-5-4-6-20-7-8-26(23,24)19-14(12)20/h4-6,11H,7-9H2,1-3H3,(H,18,21)/t16-/m1/s1. The van der Waals surface area contributed by atoms with Crippen LogP contribution in [0.25, 0.3) is 0 Å². The minimum absolute atomic E-state index is 0.0202. The molecule has 0 aromatic carbocycles. The second-order valence-electron chi connectivity index (χ2n) is 6.41. The third kappa shape index (κ3) is 4.29. The molecule has 0 aliphatic carbocycles. The highest BCUT2D eigenvalue weighted by Crippen LogP contribution is 2.19. The zero-order chi connectivity index (χ0) is 19.5. The van der Waals surface area contributed by atoms with Crippen molar-refractivity contribution in [2.75, 3.05) is 18.9 Å². The monoisotopic (exact) mass is 380 g/mol. The number of rotatable bonds is 5. The molecule has 1 amide bonds. The maximum absolute atomic E-state index is 12.3. The summed E-state index contributed by atoms with van der Waals surface area (Å²) in [6, 6.07) is 2.02. The van der Waals surface area contributed by atoms with Gasteiger partial charge in [-0.15, -0.1) is 4.40 Å². The number of sulfonamides is 1. The molecular weight excluding hydrogens is 360 g/mol. The number of hydrogen-bond donors (Lipinski definition) is 1. The van der Waals surface area contributed by atoms with Gasteiger partial charge in [-0.2, -0.15) is 5.26 Å². The first-order chi connectivity index (χ1) is 12.1. The van der Waals surface area contributed by atoms with E-state index in [1.54, 1.807) is 33.0 Å². The maximum atomic E-state index is 12.3. The number of carbonyl (C=O) groups is 2. The predicted octanol–water partition coefficient (Wildman–Crippen LogP) is 0.0817. The van der Waals surface area contributed by atoms with E-state index in [4.69, 9.17) is 4.74 Å². The smallest absolute Gasteiger partial charge is 0.342 e. The number of esters is 1. The van der Waals surface area contributed by atoms with Gasteiger partial charge in [-0.3, -0.25) is 4.79 Å². The summed E-state index contributed by atoms with van der Waals surface area (Å²) in [5.74, 6) is -1.80. The number of nitrogens with one attached hydrogen (secondary N) is 1. The molecule has 0 radical (unpaired) electrons. The molecule has 26 heavy (non-hydrogen) atoms. The second-order valence-corrected chi connectivity index (χ2v) is 8.16. The normalized spacial score (nSPS) is 20.2. The predicted molar refractivity (Wildman–Crippen MR) is 93.1 cm³/mol. The van der Waals surface area contributed by atoms with E-state index in [1.165, 1.54) is 11.0 Å². The summed E-state index contributed by atoms with van der Waals surface area (Å²) in [6.07, 6.45) is 4.56. The topological polar surface area (TPSA) is 129 Å². The van der Waals surface area contributed by atoms with E-state index >= 15 is 0 Å². The lowest BCUT2D eigenvalue weighted by Crippen LogP contribution is -2.50. The molecule has 1 N–H and O–H groups in total. The van der Waals surface area contributed by atoms with Crippen LogP contribution in [0.3, 0.4) is 0 Å². The van der Waals surface area contributed by atoms with Crippen molar-refractivity contribution in [2.45, 2.75) is 26.3 Å². The third-order valence-electron chi connectivity index (χ3n) is 4.20. The Morgan fingerprint density at radius 2 is 2.19 bits per heavy atom. The Morgan fingerprint density at radius 1 is 1.50 bits per heavy atom. The van der Waals surface area contributed by atoms with Crippen LogP contribution < -0.4 is 5.32 Å². The number of ether oxygens (including phenoxy) is 1. The van der Waals surface area contributed by atoms with Crippen LogP contribution in [0.15, 0.2) is 28.3 Å². The average molecular weight is 380 g/mol. The molecule has 2 aliphatic rings. The van der Waals surface area contributed by atoms with E-state index in [0.717, 1.165) is 0 Å². The van der Waals surface area contributed by atoms with Gasteiger partial charge < -0.3 is 15.0 Å². The molecule has 0 saturated carbocycles. The summed E-state index contributed by atoms with van der Waals surface area (Å²) in [6.45, 7) is 4.72. The van der Waals surface area contributed by atoms with Gasteiger partial charge in [-0.1, -0.05) is 13.8 Å². The second kappa shape index (κ2) is 7.29. The fourth-order valence-corrected chi connectivity index (χ4v) is 3.20. The molecule has 1 atom stereocenters. The van der Waals surface area contributed by atoms with Crippen LogP contribution in [0.2, 0.25) is 0 Å². The summed E-state index contributed by atoms with van der Waals surface area (Å²) in [7, 11) is -3.64. The van der Waals surface area contributed by atoms with Gasteiger partial charge in [0, 0.05) is 12.7 Å². The van der Waals surface area contributed by atoms with Crippen LogP contribution in [-0.4, -0.2) is 55.5 Å². The molecule has 2 heterocycles. The van der Waals surface area contributed by atoms with Gasteiger partial charge >= 0.3 is 5.97 Å². The van der Waals surface area contributed by atoms with Gasteiger partial charge in [0.25, 0.3) is 15.9 Å². The Bertz CT molecular complexity index is 850. The first-order valence-electron chi connectivity index (χ1n) is 7.95. The molecule has 9 nitrogen and oxygen atoms in total. The number of carbonyl (C=O) groups excluding carboxylic acids is 2. The van der Waals surface area contributed by atoms with E-state index in [9.17, 15) is 23.3 Å². The largest absolute Gasteiger partial charge is 0.452 e. The fraction of sp³-hybridized carbons (Fsp3) is 0.500. The molecule has 0 saturated heterocycles. The van der Waals surface area contributed by atoms with Crippen molar-refractivity contribution in [3.8, 4) is 6.07 Å². The van der Waals surface area contributed by atoms with Gasteiger partial charge in [0.1, 0.15) is 11.1 Å². The molecule has 2 aliphatic heterocycles. The van der Waals surface area contributed by atoms with Crippen LogP contribution in [0, 0.1) is 17.2 Å². The molecule has 10 heteroatoms. The van der Waals surface area contributed by atoms with Crippen molar-refractivity contribution >= 4 is 27.7 Å². The molecular formula is C16H20N4O5S. The Morgan fingerprint density at radius 3 is 2.81 bits per heavy atom. The van der Waals surface area contributed by atoms with Crippen LogP contribution in [0.5, 0.6) is 0 Å². The molecule has 0 aromatic rings. The minimum atomic E-state index is -3.64. The Balaban J connectivity index is 2.05. The SMILES string of the molecule is CC(C)[C@@](C)(C#N)NC(=O)COC(=O)C1=CC=CN2CCS(=O)(=O)N=C12. The summed E-state index contributed by atoms with van der Waals surface area (Å²) in [5, 5.41) is 11.7. The lowest BCUT2D eigenvalue weighted by Gasteiger charge is -2.28. The summed E-state index contributed by atoms with van der Waals surface area (Å²) in [4.78, 5) is 25.8. The highest BCUT2D eigenvalue weighted by atomic mass is 32.2. The number of nitriles is 1. The van der Waals surface area contributed by atoms with Crippen molar-refractivity contribution < 1.29 is 22.7 Å². The third-order valence-corrected chi connectivity index (χ3v) is 5.35. The number of amides is 1. The number of amidine groups is 1. The Labute approximate surface area is 152 Å². The number of nitrogens with zero attached hydrogens (tertiary/aromatic N) is 3. The summed E-state index contributed by atoms with van der Waals surface area (Å²) < 4.78 is 31.9. The molecule has 0 aromatic heterocycles. The van der Waals surface area contributed by atoms with Crippen LogP contribution in [-0.2, 0) is 24.3 Å².